The number of carbonyl (C=O) groups excluding carboxylic acids is 1. The van der Waals surface area contributed by atoms with Crippen LogP contribution in [0.5, 0.6) is 5.75 Å². The Morgan fingerprint density at radius 2 is 1.95 bits per heavy atom. The van der Waals surface area contributed by atoms with Crippen LogP contribution in [0.4, 0.5) is 16.6 Å². The van der Waals surface area contributed by atoms with Crippen LogP contribution in [0, 0.1) is 34.5 Å². The third-order valence-electron chi connectivity index (χ3n) is 8.14. The zero-order valence-electron chi connectivity index (χ0n) is 22.6. The van der Waals surface area contributed by atoms with Crippen LogP contribution in [0.15, 0.2) is 24.7 Å². The van der Waals surface area contributed by atoms with Crippen molar-refractivity contribution >= 4 is 17.9 Å². The molecule has 2 aromatic rings. The highest BCUT2D eigenvalue weighted by atomic mass is 16.6. The standard InChI is InChI=1S/C28H37N7O3/c1-27(2,3)38-26(36)34-23-18-7-17-8-19(23)11-28(9-17,10-18)16-33-24-20(12-29)14-31-25(35-24)32-15-21-13-30-6-5-22(21)37-4/h5-6,13-14,17-19,23H,7-11,15-16H2,1-4H3,(H,34,36)(H2,31,32,33,35)/t17?,18-,19+,23?,28?. The first kappa shape index (κ1) is 26.0. The maximum absolute atomic E-state index is 12.5. The van der Waals surface area contributed by atoms with Crippen molar-refractivity contribution in [2.75, 3.05) is 24.3 Å². The van der Waals surface area contributed by atoms with Gasteiger partial charge in [0.15, 0.2) is 0 Å². The fraction of sp³-hybridized carbons (Fsp3) is 0.607. The summed E-state index contributed by atoms with van der Waals surface area (Å²) in [6.07, 6.45) is 10.2. The van der Waals surface area contributed by atoms with Crippen molar-refractivity contribution < 1.29 is 14.3 Å². The molecule has 0 saturated heterocycles. The Bertz CT molecular complexity index is 1210. The lowest BCUT2D eigenvalue weighted by Gasteiger charge is -2.60. The second-order valence-corrected chi connectivity index (χ2v) is 12.1. The van der Waals surface area contributed by atoms with Gasteiger partial charge in [0.2, 0.25) is 5.95 Å². The second kappa shape index (κ2) is 10.3. The summed E-state index contributed by atoms with van der Waals surface area (Å²) >= 11 is 0. The lowest BCUT2D eigenvalue weighted by Crippen LogP contribution is -2.60. The average Bonchev–Trinajstić information content (AvgIpc) is 2.87. The molecule has 0 radical (unpaired) electrons. The lowest BCUT2D eigenvalue weighted by atomic mass is 9.48. The Morgan fingerprint density at radius 3 is 2.63 bits per heavy atom. The van der Waals surface area contributed by atoms with Crippen LogP contribution in [0.1, 0.15) is 64.0 Å². The topological polar surface area (TPSA) is 134 Å². The van der Waals surface area contributed by atoms with E-state index >= 15 is 0 Å². The quantitative estimate of drug-likeness (QED) is 0.461. The van der Waals surface area contributed by atoms with Crippen LogP contribution >= 0.6 is 0 Å². The van der Waals surface area contributed by atoms with Crippen molar-refractivity contribution in [3.8, 4) is 11.8 Å². The summed E-state index contributed by atoms with van der Waals surface area (Å²) in [7, 11) is 1.62. The number of nitrogens with one attached hydrogen (secondary N) is 3. The van der Waals surface area contributed by atoms with E-state index in [0.29, 0.717) is 41.6 Å². The molecule has 2 heterocycles. The van der Waals surface area contributed by atoms with Crippen molar-refractivity contribution in [2.24, 2.45) is 23.2 Å². The molecule has 4 aliphatic carbocycles. The van der Waals surface area contributed by atoms with Crippen LogP contribution in [-0.2, 0) is 11.3 Å². The van der Waals surface area contributed by atoms with E-state index in [1.54, 1.807) is 25.7 Å². The monoisotopic (exact) mass is 519 g/mol. The Morgan fingerprint density at radius 1 is 1.18 bits per heavy atom. The average molecular weight is 520 g/mol. The number of anilines is 2. The van der Waals surface area contributed by atoms with Gasteiger partial charge in [0.05, 0.1) is 13.3 Å². The first-order chi connectivity index (χ1) is 18.2. The molecule has 5 atom stereocenters. The minimum atomic E-state index is -0.505. The molecule has 4 aliphatic rings. The molecule has 10 nitrogen and oxygen atoms in total. The van der Waals surface area contributed by atoms with Crippen molar-refractivity contribution in [3.63, 3.8) is 0 Å². The van der Waals surface area contributed by atoms with Gasteiger partial charge in [0.1, 0.15) is 28.8 Å². The Balaban J connectivity index is 1.24. The molecule has 3 unspecified atom stereocenters. The van der Waals surface area contributed by atoms with E-state index in [9.17, 15) is 10.1 Å². The summed E-state index contributed by atoms with van der Waals surface area (Å²) in [4.78, 5) is 25.6. The van der Waals surface area contributed by atoms with E-state index in [2.05, 4.69) is 37.0 Å². The van der Waals surface area contributed by atoms with Gasteiger partial charge in [-0.1, -0.05) is 0 Å². The van der Waals surface area contributed by atoms with Gasteiger partial charge in [-0.25, -0.2) is 9.78 Å². The molecule has 10 heteroatoms. The second-order valence-electron chi connectivity index (χ2n) is 12.1. The maximum atomic E-state index is 12.5. The molecule has 4 bridgehead atoms. The van der Waals surface area contributed by atoms with Crippen molar-refractivity contribution in [1.82, 2.24) is 20.3 Å². The number of nitriles is 1. The summed E-state index contributed by atoms with van der Waals surface area (Å²) in [5.41, 5.74) is 0.940. The molecule has 1 amide bonds. The zero-order chi connectivity index (χ0) is 26.9. The van der Waals surface area contributed by atoms with Gasteiger partial charge in [-0.05, 0) is 82.1 Å². The number of carbonyl (C=O) groups is 1. The van der Waals surface area contributed by atoms with Crippen LogP contribution in [-0.4, -0.2) is 46.3 Å². The van der Waals surface area contributed by atoms with E-state index < -0.39 is 5.60 Å². The number of alkyl carbamates (subject to hydrolysis) is 1. The van der Waals surface area contributed by atoms with Gasteiger partial charge in [0.25, 0.3) is 0 Å². The van der Waals surface area contributed by atoms with E-state index in [4.69, 9.17) is 9.47 Å². The molecular weight excluding hydrogens is 482 g/mol. The van der Waals surface area contributed by atoms with Crippen molar-refractivity contribution in [2.45, 2.75) is 71.1 Å². The highest BCUT2D eigenvalue weighted by Crippen LogP contribution is 2.60. The zero-order valence-corrected chi connectivity index (χ0v) is 22.6. The summed E-state index contributed by atoms with van der Waals surface area (Å²) < 4.78 is 10.9. The minimum absolute atomic E-state index is 0.136. The number of methoxy groups -OCH3 is 1. The molecule has 202 valence electrons. The fourth-order valence-corrected chi connectivity index (χ4v) is 6.96. The molecule has 0 spiro atoms. The molecule has 4 fully saturated rings. The number of amides is 1. The van der Waals surface area contributed by atoms with Crippen molar-refractivity contribution in [1.29, 1.82) is 5.26 Å². The summed E-state index contributed by atoms with van der Waals surface area (Å²) in [6, 6.07) is 4.19. The van der Waals surface area contributed by atoms with Gasteiger partial charge in [-0.2, -0.15) is 10.2 Å². The highest BCUT2D eigenvalue weighted by molar-refractivity contribution is 5.68. The number of ether oxygens (including phenoxy) is 2. The summed E-state index contributed by atoms with van der Waals surface area (Å²) in [6.45, 7) is 6.87. The van der Waals surface area contributed by atoms with Gasteiger partial charge in [0, 0.05) is 37.1 Å². The maximum Gasteiger partial charge on any atom is 0.407 e. The lowest BCUT2D eigenvalue weighted by molar-refractivity contribution is -0.0703. The van der Waals surface area contributed by atoms with E-state index in [-0.39, 0.29) is 17.6 Å². The molecule has 2 aromatic heterocycles. The molecule has 0 aromatic carbocycles. The number of hydrogen-bond acceptors (Lipinski definition) is 9. The minimum Gasteiger partial charge on any atom is -0.496 e. The molecule has 4 saturated carbocycles. The predicted molar refractivity (Wildman–Crippen MR) is 142 cm³/mol. The largest absolute Gasteiger partial charge is 0.496 e. The van der Waals surface area contributed by atoms with E-state index in [1.807, 2.05) is 26.8 Å². The number of rotatable bonds is 8. The molecule has 6 rings (SSSR count). The molecular formula is C28H37N7O3. The number of hydrogen-bond donors (Lipinski definition) is 3. The molecule has 3 N–H and O–H groups in total. The molecule has 0 aliphatic heterocycles. The normalized spacial score (nSPS) is 27.3. The smallest absolute Gasteiger partial charge is 0.407 e. The SMILES string of the molecule is COc1ccncc1CNc1ncc(C#N)c(NCC23CC4C[C@H](C2)C(NC(=O)OC(C)(C)C)[C@@H](C4)C3)n1. The third-order valence-corrected chi connectivity index (χ3v) is 8.14. The fourth-order valence-electron chi connectivity index (χ4n) is 6.96. The van der Waals surface area contributed by atoms with Gasteiger partial charge >= 0.3 is 6.09 Å². The molecule has 38 heavy (non-hydrogen) atoms. The third kappa shape index (κ3) is 5.62. The summed E-state index contributed by atoms with van der Waals surface area (Å²) in [5, 5.41) is 19.6. The number of nitrogens with zero attached hydrogens (tertiary/aromatic N) is 4. The van der Waals surface area contributed by atoms with Crippen LogP contribution in [0.3, 0.4) is 0 Å². The first-order valence-corrected chi connectivity index (χ1v) is 13.4. The van der Waals surface area contributed by atoms with Crippen LogP contribution in [0.2, 0.25) is 0 Å². The van der Waals surface area contributed by atoms with E-state index in [0.717, 1.165) is 43.5 Å². The van der Waals surface area contributed by atoms with Gasteiger partial charge in [-0.15, -0.1) is 0 Å². The number of pyridine rings is 1. The predicted octanol–water partition coefficient (Wildman–Crippen LogP) is 4.50. The van der Waals surface area contributed by atoms with Crippen molar-refractivity contribution in [3.05, 3.63) is 35.8 Å². The van der Waals surface area contributed by atoms with E-state index in [1.165, 1.54) is 6.42 Å². The summed E-state index contributed by atoms with van der Waals surface area (Å²) in [5.74, 6) is 3.29. The van der Waals surface area contributed by atoms with Crippen LogP contribution < -0.4 is 20.7 Å². The Kier molecular flexibility index (Phi) is 7.03. The van der Waals surface area contributed by atoms with Crippen LogP contribution in [0.25, 0.3) is 0 Å². The number of aromatic nitrogens is 3. The first-order valence-electron chi connectivity index (χ1n) is 13.4. The highest BCUT2D eigenvalue weighted by Gasteiger charge is 2.55. The van der Waals surface area contributed by atoms with Gasteiger partial charge < -0.3 is 25.4 Å². The van der Waals surface area contributed by atoms with Gasteiger partial charge in [-0.3, -0.25) is 4.98 Å². The Hall–Kier alpha value is -3.61. The Labute approximate surface area is 223 Å².